The second-order valence-electron chi connectivity index (χ2n) is 1.57. The second kappa shape index (κ2) is 3.94. The van der Waals surface area contributed by atoms with Gasteiger partial charge in [-0.05, 0) is 0 Å². The summed E-state index contributed by atoms with van der Waals surface area (Å²) in [5, 5.41) is 0. The van der Waals surface area contributed by atoms with Crippen LogP contribution in [0.25, 0.3) is 0 Å². The molecule has 0 aromatic heterocycles. The van der Waals surface area contributed by atoms with Gasteiger partial charge in [0.25, 0.3) is 0 Å². The quantitative estimate of drug-likeness (QED) is 0.503. The van der Waals surface area contributed by atoms with Crippen molar-refractivity contribution in [1.29, 1.82) is 0 Å². The van der Waals surface area contributed by atoms with Crippen LogP contribution in [0.2, 0.25) is 0 Å². The van der Waals surface area contributed by atoms with Crippen molar-refractivity contribution in [2.45, 2.75) is 0 Å². The van der Waals surface area contributed by atoms with Crippen LogP contribution >= 0.6 is 11.6 Å². The molecule has 0 atom stereocenters. The Labute approximate surface area is 66.4 Å². The van der Waals surface area contributed by atoms with Gasteiger partial charge in [-0.2, -0.15) is 0 Å². The van der Waals surface area contributed by atoms with Crippen LogP contribution in [0, 0.1) is 0 Å². The van der Waals surface area contributed by atoms with E-state index in [2.05, 4.69) is 12.1 Å². The van der Waals surface area contributed by atoms with Crippen LogP contribution < -0.4 is 4.46 Å². The van der Waals surface area contributed by atoms with Crippen LogP contribution in [0.15, 0.2) is 30.3 Å². The molecule has 0 radical (unpaired) electrons. The molecule has 0 nitrogen and oxygen atoms in total. The Morgan fingerprint density at radius 2 is 1.89 bits per heavy atom. The zero-order chi connectivity index (χ0) is 6.53. The van der Waals surface area contributed by atoms with Gasteiger partial charge >= 0.3 is 66.1 Å². The molecule has 0 spiro atoms. The van der Waals surface area contributed by atoms with Gasteiger partial charge in [0.15, 0.2) is 0 Å². The van der Waals surface area contributed by atoms with Gasteiger partial charge in [-0.3, -0.25) is 0 Å². The summed E-state index contributed by atoms with van der Waals surface area (Å²) >= 11 is 6.04. The Morgan fingerprint density at radius 1 is 1.22 bits per heavy atom. The second-order valence-corrected chi connectivity index (χ2v) is 4.75. The summed E-state index contributed by atoms with van der Waals surface area (Å²) in [7, 11) is 0. The van der Waals surface area contributed by atoms with E-state index >= 15 is 0 Å². The number of benzene rings is 1. The summed E-state index contributed by atoms with van der Waals surface area (Å²) in [5.74, 6) is 0. The monoisotopic (exact) mass is 206 g/mol. The van der Waals surface area contributed by atoms with E-state index in [1.807, 2.05) is 18.2 Å². The van der Waals surface area contributed by atoms with Crippen molar-refractivity contribution in [2.24, 2.45) is 0 Å². The van der Waals surface area contributed by atoms with Crippen molar-refractivity contribution in [3.8, 4) is 0 Å². The molecule has 2 heteroatoms. The molecule has 0 aliphatic heterocycles. The molecule has 1 rings (SSSR count). The number of halogens is 1. The molecule has 0 fully saturated rings. The predicted octanol–water partition coefficient (Wildman–Crippen LogP) is 1.21. The molecule has 0 aliphatic rings. The molecule has 1 aromatic rings. The molecule has 0 saturated carbocycles. The van der Waals surface area contributed by atoms with Crippen molar-refractivity contribution in [3.05, 3.63) is 30.3 Å². The van der Waals surface area contributed by atoms with Crippen LogP contribution in [0.5, 0.6) is 0 Å². The van der Waals surface area contributed by atoms with E-state index in [9.17, 15) is 0 Å². The fourth-order valence-electron chi connectivity index (χ4n) is 0.580. The number of alkyl halides is 1. The predicted molar refractivity (Wildman–Crippen MR) is 42.6 cm³/mol. The van der Waals surface area contributed by atoms with E-state index in [1.54, 1.807) is 0 Å². The molecule has 0 bridgehead atoms. The third kappa shape index (κ3) is 2.40. The first-order valence-corrected chi connectivity index (χ1v) is 5.27. The zero-order valence-corrected chi connectivity index (χ0v) is 7.35. The molecule has 9 heavy (non-hydrogen) atoms. The third-order valence-electron chi connectivity index (χ3n) is 0.964. The molecule has 0 unspecified atom stereocenters. The molecular weight excluding hydrogens is 198 g/mol. The third-order valence-corrected chi connectivity index (χ3v) is 3.03. The van der Waals surface area contributed by atoms with E-state index in [1.165, 1.54) is 4.46 Å². The van der Waals surface area contributed by atoms with Crippen LogP contribution in [-0.4, -0.2) is 19.7 Å². The SMILES string of the molecule is ClC[Se]c1ccccc1. The Kier molecular flexibility index (Phi) is 3.13. The summed E-state index contributed by atoms with van der Waals surface area (Å²) in [5.41, 5.74) is 0. The van der Waals surface area contributed by atoms with E-state index < -0.39 is 0 Å². The molecule has 48 valence electrons. The van der Waals surface area contributed by atoms with Crippen LogP contribution in [0.3, 0.4) is 0 Å². The van der Waals surface area contributed by atoms with Crippen molar-refractivity contribution < 1.29 is 0 Å². The van der Waals surface area contributed by atoms with Crippen molar-refractivity contribution in [3.63, 3.8) is 0 Å². The summed E-state index contributed by atoms with van der Waals surface area (Å²) < 4.78 is 2.15. The molecule has 0 amide bonds. The Morgan fingerprint density at radius 3 is 2.44 bits per heavy atom. The Bertz CT molecular complexity index is 162. The summed E-state index contributed by atoms with van der Waals surface area (Å²) in [6.07, 6.45) is 0. The summed E-state index contributed by atoms with van der Waals surface area (Å²) in [6, 6.07) is 10.3. The van der Waals surface area contributed by atoms with E-state index in [-0.39, 0.29) is 0 Å². The maximum atomic E-state index is 5.56. The van der Waals surface area contributed by atoms with Gasteiger partial charge in [-0.25, -0.2) is 0 Å². The first kappa shape index (κ1) is 7.14. The minimum atomic E-state index is 0.475. The maximum absolute atomic E-state index is 5.56. The van der Waals surface area contributed by atoms with Gasteiger partial charge in [-0.15, -0.1) is 0 Å². The van der Waals surface area contributed by atoms with Crippen LogP contribution in [0.4, 0.5) is 0 Å². The fraction of sp³-hybridized carbons (Fsp3) is 0.143. The van der Waals surface area contributed by atoms with Gasteiger partial charge in [0.1, 0.15) is 0 Å². The molecule has 1 aromatic carbocycles. The topological polar surface area (TPSA) is 0 Å². The van der Waals surface area contributed by atoms with E-state index in [0.29, 0.717) is 15.0 Å². The first-order chi connectivity index (χ1) is 4.43. The van der Waals surface area contributed by atoms with E-state index in [4.69, 9.17) is 11.6 Å². The number of rotatable bonds is 2. The Balaban J connectivity index is 2.61. The normalized spacial score (nSPS) is 9.44. The van der Waals surface area contributed by atoms with Gasteiger partial charge in [-0.1, -0.05) is 0 Å². The number of hydrogen-bond acceptors (Lipinski definition) is 0. The van der Waals surface area contributed by atoms with Crippen molar-refractivity contribution in [1.82, 2.24) is 0 Å². The molecule has 0 heterocycles. The standard InChI is InChI=1S/C7H7ClSe/c8-6-9-7-4-2-1-3-5-7/h1-5H,6H2. The molecule has 0 aliphatic carbocycles. The van der Waals surface area contributed by atoms with Gasteiger partial charge in [0.2, 0.25) is 0 Å². The zero-order valence-electron chi connectivity index (χ0n) is 4.88. The number of hydrogen-bond donors (Lipinski definition) is 0. The van der Waals surface area contributed by atoms with Crippen LogP contribution in [0.1, 0.15) is 0 Å². The fourth-order valence-corrected chi connectivity index (χ4v) is 2.23. The molecule has 0 saturated heterocycles. The first-order valence-electron chi connectivity index (χ1n) is 2.67. The summed E-state index contributed by atoms with van der Waals surface area (Å²) in [6.45, 7) is 0. The molecular formula is C7H7ClSe. The van der Waals surface area contributed by atoms with Crippen molar-refractivity contribution in [2.75, 3.05) is 4.78 Å². The average molecular weight is 206 g/mol. The van der Waals surface area contributed by atoms with Crippen molar-refractivity contribution >= 4 is 31.0 Å². The van der Waals surface area contributed by atoms with Gasteiger partial charge < -0.3 is 0 Å². The van der Waals surface area contributed by atoms with Gasteiger partial charge in [0, 0.05) is 0 Å². The molecule has 0 N–H and O–H groups in total. The average Bonchev–Trinajstić information content (AvgIpc) is 1.91. The Hall–Kier alpha value is 0.0295. The van der Waals surface area contributed by atoms with Gasteiger partial charge in [0.05, 0.1) is 0 Å². The summed E-state index contributed by atoms with van der Waals surface area (Å²) in [4.78, 5) is 0. The van der Waals surface area contributed by atoms with Crippen LogP contribution in [-0.2, 0) is 0 Å². The minimum absolute atomic E-state index is 0.475. The van der Waals surface area contributed by atoms with E-state index in [0.717, 1.165) is 4.78 Å².